The molecule has 1 aliphatic carbocycles. The average Bonchev–Trinajstić information content (AvgIpc) is 3.66. The van der Waals surface area contributed by atoms with Crippen LogP contribution in [0.15, 0.2) is 45.9 Å². The maximum absolute atomic E-state index is 12.6. The molecule has 6 rings (SSSR count). The number of carbonyl (C=O) groups is 1. The number of piperidine rings is 1. The summed E-state index contributed by atoms with van der Waals surface area (Å²) >= 11 is 0. The summed E-state index contributed by atoms with van der Waals surface area (Å²) in [6, 6.07) is 7.28. The molecule has 39 heavy (non-hydrogen) atoms. The van der Waals surface area contributed by atoms with Crippen molar-refractivity contribution in [1.29, 1.82) is 0 Å². The van der Waals surface area contributed by atoms with Gasteiger partial charge >= 0.3 is 0 Å². The van der Waals surface area contributed by atoms with E-state index in [0.29, 0.717) is 24.3 Å². The molecule has 6 heteroatoms. The minimum absolute atomic E-state index is 0.207. The van der Waals surface area contributed by atoms with Gasteiger partial charge < -0.3 is 9.88 Å². The molecule has 1 amide bonds. The molecule has 2 aromatic rings. The Morgan fingerprint density at radius 2 is 1.85 bits per heavy atom. The number of nitrogens with one attached hydrogen (secondary N) is 1. The van der Waals surface area contributed by atoms with Gasteiger partial charge in [-0.05, 0) is 118 Å². The van der Waals surface area contributed by atoms with Crippen LogP contribution in [0.1, 0.15) is 94.9 Å². The topological polar surface area (TPSA) is 64.1 Å². The molecular formula is C33H43N5O. The molecule has 1 unspecified atom stereocenters. The van der Waals surface area contributed by atoms with E-state index in [-0.39, 0.29) is 6.04 Å². The fraction of sp³-hybridized carbons (Fsp3) is 0.545. The van der Waals surface area contributed by atoms with Crippen molar-refractivity contribution in [3.8, 4) is 0 Å². The molecule has 2 fully saturated rings. The standard InChI is InChI=1S/C33H43N5O/c1-21(2)31-27-19-25(24-12-16-37(17-13-24)20-30(39)38-14-5-6-15-38)10-11-28(27)36-33(31)26-8-7-9-29-32(22(3)18-26)35-23(4)34-29/h8,10-11,18-19,21,24,29,36H,5-7,9,12-17,20H2,1-4H3/b22-18-,26-8+. The van der Waals surface area contributed by atoms with Crippen LogP contribution < -0.4 is 0 Å². The fourth-order valence-corrected chi connectivity index (χ4v) is 7.05. The quantitative estimate of drug-likeness (QED) is 0.487. The molecule has 6 nitrogen and oxygen atoms in total. The predicted octanol–water partition coefficient (Wildman–Crippen LogP) is 6.46. The molecular weight excluding hydrogens is 482 g/mol. The van der Waals surface area contributed by atoms with Crippen LogP contribution in [0, 0.1) is 0 Å². The summed E-state index contributed by atoms with van der Waals surface area (Å²) in [4.78, 5) is 30.4. The lowest BCUT2D eigenvalue weighted by Crippen LogP contribution is -2.42. The first kappa shape index (κ1) is 26.2. The molecule has 2 saturated heterocycles. The lowest BCUT2D eigenvalue weighted by Gasteiger charge is -2.32. The van der Waals surface area contributed by atoms with Gasteiger partial charge in [0.1, 0.15) is 5.84 Å². The highest BCUT2D eigenvalue weighted by Crippen LogP contribution is 2.38. The second-order valence-electron chi connectivity index (χ2n) is 12.3. The van der Waals surface area contributed by atoms with Gasteiger partial charge in [-0.1, -0.05) is 26.0 Å². The summed E-state index contributed by atoms with van der Waals surface area (Å²) < 4.78 is 0. The summed E-state index contributed by atoms with van der Waals surface area (Å²) in [6.45, 7) is 13.3. The Labute approximate surface area is 233 Å². The minimum Gasteiger partial charge on any atom is -0.354 e. The van der Waals surface area contributed by atoms with Crippen LogP contribution >= 0.6 is 0 Å². The number of fused-ring (bicyclic) bond motifs is 2. The van der Waals surface area contributed by atoms with E-state index in [0.717, 1.165) is 76.3 Å². The van der Waals surface area contributed by atoms with E-state index < -0.39 is 0 Å². The Morgan fingerprint density at radius 3 is 2.59 bits per heavy atom. The minimum atomic E-state index is 0.207. The molecule has 1 aromatic carbocycles. The number of H-pyrrole nitrogens is 1. The molecule has 0 saturated carbocycles. The third-order valence-corrected chi connectivity index (χ3v) is 9.13. The van der Waals surface area contributed by atoms with E-state index in [4.69, 9.17) is 9.98 Å². The summed E-state index contributed by atoms with van der Waals surface area (Å²) in [6.07, 6.45) is 11.3. The zero-order valence-corrected chi connectivity index (χ0v) is 24.1. The van der Waals surface area contributed by atoms with Crippen molar-refractivity contribution in [2.45, 2.75) is 84.1 Å². The van der Waals surface area contributed by atoms with E-state index in [2.05, 4.69) is 61.0 Å². The van der Waals surface area contributed by atoms with Crippen LogP contribution in [0.2, 0.25) is 0 Å². The summed E-state index contributed by atoms with van der Waals surface area (Å²) in [7, 11) is 0. The molecule has 3 aliphatic heterocycles. The maximum Gasteiger partial charge on any atom is 0.236 e. The third-order valence-electron chi connectivity index (χ3n) is 9.13. The Balaban J connectivity index is 1.23. The Kier molecular flexibility index (Phi) is 7.32. The van der Waals surface area contributed by atoms with Gasteiger partial charge in [0.05, 0.1) is 18.3 Å². The molecule has 4 heterocycles. The Morgan fingerprint density at radius 1 is 1.08 bits per heavy atom. The number of likely N-dealkylation sites (tertiary alicyclic amines) is 2. The number of aromatic nitrogens is 1. The number of rotatable bonds is 5. The molecule has 4 aliphatic rings. The zero-order chi connectivity index (χ0) is 27.1. The SMILES string of the molecule is CC1=NC2CC/C=C(c3[nH]c4ccc(C5CCN(CC(=O)N6CCCC6)CC5)cc4c3C(C)C)\C=C(\C)C2=N1. The van der Waals surface area contributed by atoms with Crippen molar-refractivity contribution in [3.05, 3.63) is 52.7 Å². The van der Waals surface area contributed by atoms with Gasteiger partial charge in [0.2, 0.25) is 5.91 Å². The van der Waals surface area contributed by atoms with Crippen LogP contribution in [0.4, 0.5) is 0 Å². The number of hydrogen-bond donors (Lipinski definition) is 1. The Hall–Kier alpha value is -2.99. The summed E-state index contributed by atoms with van der Waals surface area (Å²) in [5.74, 6) is 2.18. The number of hydrogen-bond acceptors (Lipinski definition) is 4. The van der Waals surface area contributed by atoms with Crippen LogP contribution in [-0.4, -0.2) is 71.0 Å². The number of amides is 1. The highest BCUT2D eigenvalue weighted by molar-refractivity contribution is 6.14. The van der Waals surface area contributed by atoms with Crippen molar-refractivity contribution >= 4 is 33.9 Å². The van der Waals surface area contributed by atoms with Crippen molar-refractivity contribution in [2.75, 3.05) is 32.7 Å². The van der Waals surface area contributed by atoms with Crippen LogP contribution in [0.25, 0.3) is 16.5 Å². The summed E-state index contributed by atoms with van der Waals surface area (Å²) in [5.41, 5.74) is 8.95. The normalized spacial score (nSPS) is 25.6. The van der Waals surface area contributed by atoms with Crippen LogP contribution in [0.3, 0.4) is 0 Å². The first-order valence-corrected chi connectivity index (χ1v) is 15.0. The van der Waals surface area contributed by atoms with E-state index in [1.807, 2.05) is 11.8 Å². The predicted molar refractivity (Wildman–Crippen MR) is 162 cm³/mol. The van der Waals surface area contributed by atoms with E-state index in [1.54, 1.807) is 0 Å². The highest BCUT2D eigenvalue weighted by Gasteiger charge is 2.27. The van der Waals surface area contributed by atoms with Crippen molar-refractivity contribution in [3.63, 3.8) is 0 Å². The number of nitrogens with zero attached hydrogens (tertiary/aromatic N) is 4. The van der Waals surface area contributed by atoms with Crippen molar-refractivity contribution in [1.82, 2.24) is 14.8 Å². The number of aliphatic imine (C=N–C) groups is 2. The van der Waals surface area contributed by atoms with Gasteiger partial charge in [0.15, 0.2) is 0 Å². The van der Waals surface area contributed by atoms with Gasteiger partial charge in [0.25, 0.3) is 0 Å². The monoisotopic (exact) mass is 525 g/mol. The first-order valence-electron chi connectivity index (χ1n) is 15.0. The molecule has 1 N–H and O–H groups in total. The molecule has 0 spiro atoms. The van der Waals surface area contributed by atoms with Gasteiger partial charge in [-0.15, -0.1) is 0 Å². The second-order valence-corrected chi connectivity index (χ2v) is 12.3. The molecule has 206 valence electrons. The van der Waals surface area contributed by atoms with E-state index in [1.165, 1.54) is 38.9 Å². The summed E-state index contributed by atoms with van der Waals surface area (Å²) in [5, 5.41) is 1.36. The first-order chi connectivity index (χ1) is 18.9. The number of aromatic amines is 1. The molecule has 0 bridgehead atoms. The van der Waals surface area contributed by atoms with E-state index >= 15 is 0 Å². The van der Waals surface area contributed by atoms with Gasteiger partial charge in [-0.2, -0.15) is 0 Å². The van der Waals surface area contributed by atoms with E-state index in [9.17, 15) is 4.79 Å². The lowest BCUT2D eigenvalue weighted by atomic mass is 9.87. The van der Waals surface area contributed by atoms with Gasteiger partial charge in [-0.3, -0.25) is 14.7 Å². The second kappa shape index (κ2) is 10.9. The third kappa shape index (κ3) is 5.28. The molecule has 1 aromatic heterocycles. The number of allylic oxidation sites excluding steroid dienone is 3. The molecule has 0 radical (unpaired) electrons. The lowest BCUT2D eigenvalue weighted by molar-refractivity contribution is -0.131. The number of benzene rings is 1. The van der Waals surface area contributed by atoms with Crippen molar-refractivity contribution in [2.24, 2.45) is 9.98 Å². The zero-order valence-electron chi connectivity index (χ0n) is 24.1. The highest BCUT2D eigenvalue weighted by atomic mass is 16.2. The number of carbonyl (C=O) groups excluding carboxylic acids is 1. The van der Waals surface area contributed by atoms with Gasteiger partial charge in [0, 0.05) is 29.7 Å². The average molecular weight is 526 g/mol. The molecule has 1 atom stereocenters. The maximum atomic E-state index is 12.6. The van der Waals surface area contributed by atoms with Crippen LogP contribution in [-0.2, 0) is 4.79 Å². The largest absolute Gasteiger partial charge is 0.354 e. The fourth-order valence-electron chi connectivity index (χ4n) is 7.05. The van der Waals surface area contributed by atoms with Crippen molar-refractivity contribution < 1.29 is 4.79 Å². The van der Waals surface area contributed by atoms with Crippen LogP contribution in [0.5, 0.6) is 0 Å². The van der Waals surface area contributed by atoms with Gasteiger partial charge in [-0.25, -0.2) is 4.99 Å². The smallest absolute Gasteiger partial charge is 0.236 e. The number of amidine groups is 1. The Bertz CT molecular complexity index is 1380.